The maximum atomic E-state index is 12.0. The van der Waals surface area contributed by atoms with Crippen LogP contribution in [0.25, 0.3) is 0 Å². The monoisotopic (exact) mass is 506 g/mol. The van der Waals surface area contributed by atoms with E-state index in [2.05, 4.69) is 12.2 Å². The zero-order chi connectivity index (χ0) is 25.9. The molecule has 0 aliphatic heterocycles. The fourth-order valence-electron chi connectivity index (χ4n) is 3.29. The largest absolute Gasteiger partial charge is 0.756 e. The van der Waals surface area contributed by atoms with Crippen LogP contribution >= 0.6 is 7.82 Å². The van der Waals surface area contributed by atoms with Gasteiger partial charge in [0.05, 0.1) is 39.9 Å². The van der Waals surface area contributed by atoms with E-state index in [1.165, 1.54) is 51.4 Å². The Morgan fingerprint density at radius 1 is 1.00 bits per heavy atom. The number of phosphoric acid groups is 1. The number of rotatable bonds is 22. The number of phosphoric ester groups is 1. The fraction of sp³-hybridized carbons (Fsp3) is 0.880. The van der Waals surface area contributed by atoms with Crippen molar-refractivity contribution in [1.82, 2.24) is 5.32 Å². The van der Waals surface area contributed by atoms with Gasteiger partial charge in [0.1, 0.15) is 13.2 Å². The molecule has 0 heterocycles. The summed E-state index contributed by atoms with van der Waals surface area (Å²) in [5.74, 6) is -0.289. The Kier molecular flexibility index (Phi) is 19.0. The van der Waals surface area contributed by atoms with Crippen LogP contribution in [0, 0.1) is 0 Å². The normalized spacial score (nSPS) is 15.9. The lowest BCUT2D eigenvalue weighted by molar-refractivity contribution is -0.870. The SMILES string of the molecule is CCCCCCCCCCCC/C=C/C(O)C(COP(=O)([O-])OCC[N+](C)(C)C)NC(=O)CC. The molecule has 1 amide bonds. The molecule has 34 heavy (non-hydrogen) atoms. The molecule has 0 rings (SSSR count). The van der Waals surface area contributed by atoms with Crippen molar-refractivity contribution in [3.8, 4) is 0 Å². The number of aliphatic hydroxyl groups excluding tert-OH is 1. The third-order valence-electron chi connectivity index (χ3n) is 5.56. The topological polar surface area (TPSA) is 108 Å². The van der Waals surface area contributed by atoms with Gasteiger partial charge >= 0.3 is 0 Å². The molecular formula is C25H51N2O6P. The zero-order valence-corrected chi connectivity index (χ0v) is 23.2. The number of carbonyl (C=O) groups excluding carboxylic acids is 1. The predicted octanol–water partition coefficient (Wildman–Crippen LogP) is 4.32. The van der Waals surface area contributed by atoms with Crippen molar-refractivity contribution in [3.63, 3.8) is 0 Å². The quantitative estimate of drug-likeness (QED) is 0.0980. The highest BCUT2D eigenvalue weighted by Gasteiger charge is 2.22. The van der Waals surface area contributed by atoms with Crippen molar-refractivity contribution in [2.45, 2.75) is 103 Å². The van der Waals surface area contributed by atoms with Crippen molar-refractivity contribution in [3.05, 3.63) is 12.2 Å². The molecule has 0 aromatic carbocycles. The van der Waals surface area contributed by atoms with Gasteiger partial charge in [0.2, 0.25) is 5.91 Å². The average molecular weight is 507 g/mol. The van der Waals surface area contributed by atoms with Crippen molar-refractivity contribution < 1.29 is 32.9 Å². The summed E-state index contributed by atoms with van der Waals surface area (Å²) in [5.41, 5.74) is 0. The first-order valence-corrected chi connectivity index (χ1v) is 14.5. The highest BCUT2D eigenvalue weighted by atomic mass is 31.2. The van der Waals surface area contributed by atoms with Gasteiger partial charge in [0.15, 0.2) is 0 Å². The van der Waals surface area contributed by atoms with E-state index < -0.39 is 20.0 Å². The Bertz CT molecular complexity index is 594. The summed E-state index contributed by atoms with van der Waals surface area (Å²) in [6.07, 6.45) is 16.1. The highest BCUT2D eigenvalue weighted by molar-refractivity contribution is 7.45. The summed E-state index contributed by atoms with van der Waals surface area (Å²) in [6, 6.07) is -0.874. The minimum atomic E-state index is -4.53. The Labute approximate surface area is 208 Å². The van der Waals surface area contributed by atoms with E-state index in [0.717, 1.165) is 19.3 Å². The number of hydrogen-bond donors (Lipinski definition) is 2. The molecule has 0 saturated heterocycles. The van der Waals surface area contributed by atoms with Gasteiger partial charge < -0.3 is 28.8 Å². The van der Waals surface area contributed by atoms with Gasteiger partial charge in [-0.05, 0) is 12.8 Å². The standard InChI is InChI=1S/C25H51N2O6P/c1-6-8-9-10-11-12-13-14-15-16-17-18-19-24(28)23(26-25(29)7-2)22-33-34(30,31)32-21-20-27(3,4)5/h18-19,23-24,28H,6-17,20-22H2,1-5H3,(H-,26,29,30,31)/b19-18+. The van der Waals surface area contributed by atoms with Gasteiger partial charge in [-0.1, -0.05) is 83.8 Å². The summed E-state index contributed by atoms with van der Waals surface area (Å²) < 4.78 is 22.4. The predicted molar refractivity (Wildman–Crippen MR) is 136 cm³/mol. The molecule has 0 fully saturated rings. The van der Waals surface area contributed by atoms with Crippen LogP contribution in [0.4, 0.5) is 0 Å². The van der Waals surface area contributed by atoms with Crippen LogP contribution in [0.15, 0.2) is 12.2 Å². The van der Waals surface area contributed by atoms with E-state index in [1.807, 2.05) is 27.2 Å². The second-order valence-corrected chi connectivity index (χ2v) is 11.4. The third-order valence-corrected chi connectivity index (χ3v) is 6.53. The van der Waals surface area contributed by atoms with Crippen LogP contribution in [0.1, 0.15) is 90.9 Å². The highest BCUT2D eigenvalue weighted by Crippen LogP contribution is 2.38. The second kappa shape index (κ2) is 19.4. The van der Waals surface area contributed by atoms with Crippen molar-refractivity contribution in [2.24, 2.45) is 0 Å². The van der Waals surface area contributed by atoms with Gasteiger partial charge in [-0.3, -0.25) is 9.36 Å². The molecule has 202 valence electrons. The van der Waals surface area contributed by atoms with Crippen LogP contribution in [0.3, 0.4) is 0 Å². The number of hydrogen-bond acceptors (Lipinski definition) is 6. The summed E-state index contributed by atoms with van der Waals surface area (Å²) in [4.78, 5) is 23.9. The number of nitrogens with one attached hydrogen (secondary N) is 1. The Balaban J connectivity index is 4.33. The molecule has 0 radical (unpaired) electrons. The maximum Gasteiger partial charge on any atom is 0.268 e. The van der Waals surface area contributed by atoms with Gasteiger partial charge in [-0.15, -0.1) is 0 Å². The molecule has 0 bridgehead atoms. The zero-order valence-electron chi connectivity index (χ0n) is 22.3. The number of nitrogens with zero attached hydrogens (tertiary/aromatic N) is 1. The van der Waals surface area contributed by atoms with Crippen LogP contribution < -0.4 is 10.2 Å². The number of amides is 1. The first kappa shape index (κ1) is 33.2. The number of unbranched alkanes of at least 4 members (excludes halogenated alkanes) is 10. The van der Waals surface area contributed by atoms with Gasteiger partial charge in [0.25, 0.3) is 7.82 Å². The van der Waals surface area contributed by atoms with Crippen LogP contribution in [-0.2, 0) is 18.4 Å². The number of allylic oxidation sites excluding steroid dienone is 1. The van der Waals surface area contributed by atoms with E-state index >= 15 is 0 Å². The lowest BCUT2D eigenvalue weighted by Crippen LogP contribution is -2.45. The van der Waals surface area contributed by atoms with E-state index in [9.17, 15) is 19.4 Å². The van der Waals surface area contributed by atoms with Gasteiger partial charge in [-0.25, -0.2) is 0 Å². The molecule has 0 aromatic heterocycles. The number of carbonyl (C=O) groups is 1. The Morgan fingerprint density at radius 3 is 2.09 bits per heavy atom. The minimum absolute atomic E-state index is 0.00240. The lowest BCUT2D eigenvalue weighted by atomic mass is 10.1. The number of likely N-dealkylation sites (N-methyl/N-ethyl adjacent to an activating group) is 1. The molecular weight excluding hydrogens is 455 g/mol. The van der Waals surface area contributed by atoms with Gasteiger partial charge in [0, 0.05) is 6.42 Å². The molecule has 9 heteroatoms. The van der Waals surface area contributed by atoms with Crippen molar-refractivity contribution >= 4 is 13.7 Å². The first-order chi connectivity index (χ1) is 16.0. The summed E-state index contributed by atoms with van der Waals surface area (Å²) >= 11 is 0. The second-order valence-electron chi connectivity index (χ2n) is 10.0. The molecule has 3 unspecified atom stereocenters. The lowest BCUT2D eigenvalue weighted by Gasteiger charge is -2.29. The van der Waals surface area contributed by atoms with E-state index in [0.29, 0.717) is 11.0 Å². The van der Waals surface area contributed by atoms with Gasteiger partial charge in [-0.2, -0.15) is 0 Å². The first-order valence-electron chi connectivity index (χ1n) is 13.1. The van der Waals surface area contributed by atoms with Crippen LogP contribution in [-0.4, -0.2) is 68.5 Å². The van der Waals surface area contributed by atoms with E-state index in [4.69, 9.17) is 9.05 Å². The summed E-state index contributed by atoms with van der Waals surface area (Å²) in [6.45, 7) is 4.03. The van der Waals surface area contributed by atoms with Crippen molar-refractivity contribution in [1.29, 1.82) is 0 Å². The van der Waals surface area contributed by atoms with Crippen LogP contribution in [0.5, 0.6) is 0 Å². The van der Waals surface area contributed by atoms with Crippen LogP contribution in [0.2, 0.25) is 0 Å². The molecule has 2 N–H and O–H groups in total. The Hall–Kier alpha value is -0.760. The van der Waals surface area contributed by atoms with E-state index in [1.54, 1.807) is 13.0 Å². The molecule has 3 atom stereocenters. The fourth-order valence-corrected chi connectivity index (χ4v) is 4.01. The Morgan fingerprint density at radius 2 is 1.56 bits per heavy atom. The maximum absolute atomic E-state index is 12.0. The summed E-state index contributed by atoms with van der Waals surface area (Å²) in [5, 5.41) is 13.1. The molecule has 0 aliphatic carbocycles. The molecule has 0 aromatic rings. The van der Waals surface area contributed by atoms with E-state index in [-0.39, 0.29) is 25.5 Å². The molecule has 8 nitrogen and oxygen atoms in total. The van der Waals surface area contributed by atoms with Crippen molar-refractivity contribution in [2.75, 3.05) is 40.9 Å². The molecule has 0 aliphatic rings. The number of quaternary nitrogens is 1. The number of aliphatic hydroxyl groups is 1. The summed E-state index contributed by atoms with van der Waals surface area (Å²) in [7, 11) is 1.25. The smallest absolute Gasteiger partial charge is 0.268 e. The molecule has 0 spiro atoms. The minimum Gasteiger partial charge on any atom is -0.756 e. The molecule has 0 saturated carbocycles. The third kappa shape index (κ3) is 20.6. The average Bonchev–Trinajstić information content (AvgIpc) is 2.75.